The Labute approximate surface area is 121 Å². The van der Waals surface area contributed by atoms with Crippen LogP contribution in [0.15, 0.2) is 23.0 Å². The molecule has 2 aromatic rings. The molecule has 1 aliphatic rings. The number of ether oxygens (including phenoxy) is 1. The predicted octanol–water partition coefficient (Wildman–Crippen LogP) is 1.81. The minimum absolute atomic E-state index is 0.0775. The summed E-state index contributed by atoms with van der Waals surface area (Å²) in [6.07, 6.45) is 0.852. The highest BCUT2D eigenvalue weighted by molar-refractivity contribution is 6.00. The molecular formula is C14H17FN4O2. The molecule has 0 bridgehead atoms. The monoisotopic (exact) mass is 292 g/mol. The van der Waals surface area contributed by atoms with E-state index < -0.39 is 11.4 Å². The van der Waals surface area contributed by atoms with Crippen LogP contribution in [-0.4, -0.2) is 18.2 Å². The first-order chi connectivity index (χ1) is 10.1. The van der Waals surface area contributed by atoms with Crippen molar-refractivity contribution in [3.8, 4) is 0 Å². The van der Waals surface area contributed by atoms with Crippen LogP contribution in [-0.2, 0) is 11.5 Å². The zero-order valence-electron chi connectivity index (χ0n) is 11.9. The van der Waals surface area contributed by atoms with Gasteiger partial charge in [-0.05, 0) is 12.5 Å². The van der Waals surface area contributed by atoms with E-state index in [0.717, 1.165) is 12.1 Å². The first kappa shape index (κ1) is 13.8. The van der Waals surface area contributed by atoms with Gasteiger partial charge in [0, 0.05) is 19.0 Å². The second-order valence-corrected chi connectivity index (χ2v) is 4.93. The molecule has 7 heteroatoms. The quantitative estimate of drug-likeness (QED) is 0.842. The Morgan fingerprint density at radius 1 is 1.38 bits per heavy atom. The number of nitrogens with one attached hydrogen (secondary N) is 2. The average molecular weight is 292 g/mol. The smallest absolute Gasteiger partial charge is 0.265 e. The second-order valence-electron chi connectivity index (χ2n) is 4.93. The molecule has 112 valence electrons. The molecule has 2 N–H and O–H groups in total. The van der Waals surface area contributed by atoms with Gasteiger partial charge in [0.05, 0.1) is 5.39 Å². The van der Waals surface area contributed by atoms with Gasteiger partial charge in [-0.3, -0.25) is 19.8 Å². The molecule has 0 radical (unpaired) electrons. The van der Waals surface area contributed by atoms with Gasteiger partial charge in [0.15, 0.2) is 5.82 Å². The summed E-state index contributed by atoms with van der Waals surface area (Å²) in [5, 5.41) is 2.36. The van der Waals surface area contributed by atoms with Gasteiger partial charge in [-0.1, -0.05) is 19.1 Å². The van der Waals surface area contributed by atoms with Crippen LogP contribution in [0.1, 0.15) is 13.3 Å². The zero-order chi connectivity index (χ0) is 15.0. The molecule has 0 saturated heterocycles. The van der Waals surface area contributed by atoms with Crippen LogP contribution in [0.5, 0.6) is 0 Å². The molecule has 0 fully saturated rings. The summed E-state index contributed by atoms with van der Waals surface area (Å²) in [4.78, 5) is 12.6. The number of rotatable bonds is 4. The van der Waals surface area contributed by atoms with Gasteiger partial charge in [-0.2, -0.15) is 0 Å². The lowest BCUT2D eigenvalue weighted by molar-refractivity contribution is 0.0770. The number of aromatic nitrogens is 1. The lowest BCUT2D eigenvalue weighted by atomic mass is 10.1. The summed E-state index contributed by atoms with van der Waals surface area (Å²) in [5.41, 5.74) is 6.16. The lowest BCUT2D eigenvalue weighted by Gasteiger charge is -2.15. The number of hydrogen-bond donors (Lipinski definition) is 2. The van der Waals surface area contributed by atoms with Gasteiger partial charge < -0.3 is 4.74 Å². The van der Waals surface area contributed by atoms with Crippen LogP contribution in [0.3, 0.4) is 0 Å². The summed E-state index contributed by atoms with van der Waals surface area (Å²) in [7, 11) is 1.80. The Kier molecular flexibility index (Phi) is 3.52. The zero-order valence-corrected chi connectivity index (χ0v) is 11.9. The fraction of sp³-hybridized carbons (Fsp3) is 0.357. The highest BCUT2D eigenvalue weighted by Crippen LogP contribution is 2.34. The number of anilines is 2. The molecule has 0 unspecified atom stereocenters. The largest absolute Gasteiger partial charge is 0.361 e. The third kappa shape index (κ3) is 2.14. The van der Waals surface area contributed by atoms with E-state index in [-0.39, 0.29) is 12.1 Å². The molecule has 0 atom stereocenters. The maximum absolute atomic E-state index is 14.1. The van der Waals surface area contributed by atoms with Gasteiger partial charge in [0.2, 0.25) is 0 Å². The van der Waals surface area contributed by atoms with Crippen LogP contribution >= 0.6 is 0 Å². The van der Waals surface area contributed by atoms with Gasteiger partial charge in [-0.15, -0.1) is 5.53 Å². The van der Waals surface area contributed by atoms with E-state index in [2.05, 4.69) is 11.0 Å². The van der Waals surface area contributed by atoms with Crippen LogP contribution in [0.4, 0.5) is 15.9 Å². The number of hydrogen-bond acceptors (Lipinski definition) is 5. The van der Waals surface area contributed by atoms with E-state index >= 15 is 0 Å². The number of benzene rings is 1. The standard InChI is InChI=1S/C14H17FN4O2/c1-3-7-21-8-19-13-12(18(2)17-16-13)9-5-4-6-10(15)11(9)14(19)20/h4-6,16-17H,3,7-8H2,1-2H3. The summed E-state index contributed by atoms with van der Waals surface area (Å²) in [6, 6.07) is 4.63. The summed E-state index contributed by atoms with van der Waals surface area (Å²) < 4.78 is 21.0. The molecule has 21 heavy (non-hydrogen) atoms. The maximum Gasteiger partial charge on any atom is 0.265 e. The lowest BCUT2D eigenvalue weighted by Crippen LogP contribution is -2.32. The molecule has 1 aromatic heterocycles. The van der Waals surface area contributed by atoms with Crippen molar-refractivity contribution in [2.45, 2.75) is 20.1 Å². The van der Waals surface area contributed by atoms with Crippen molar-refractivity contribution in [1.29, 1.82) is 0 Å². The number of fused-ring (bicyclic) bond motifs is 3. The summed E-state index contributed by atoms with van der Waals surface area (Å²) >= 11 is 0. The van der Waals surface area contributed by atoms with Crippen molar-refractivity contribution in [3.63, 3.8) is 0 Å². The molecule has 3 rings (SSSR count). The van der Waals surface area contributed by atoms with Crippen LogP contribution < -0.4 is 21.5 Å². The number of halogens is 1. The number of pyridine rings is 1. The van der Waals surface area contributed by atoms with E-state index in [1.54, 1.807) is 24.2 Å². The van der Waals surface area contributed by atoms with Crippen molar-refractivity contribution >= 4 is 22.3 Å². The normalized spacial score (nSPS) is 13.6. The topological polar surface area (TPSA) is 58.5 Å². The molecule has 1 aliphatic heterocycles. The van der Waals surface area contributed by atoms with Gasteiger partial charge >= 0.3 is 0 Å². The Balaban J connectivity index is 2.26. The number of nitrogens with zero attached hydrogens (tertiary/aromatic N) is 2. The van der Waals surface area contributed by atoms with E-state index in [1.807, 2.05) is 6.92 Å². The van der Waals surface area contributed by atoms with Crippen molar-refractivity contribution in [2.75, 3.05) is 24.1 Å². The highest BCUT2D eigenvalue weighted by atomic mass is 19.1. The SMILES string of the molecule is CCCOCn1c2c(c3cccc(F)c3c1=O)N(C)NN2. The van der Waals surface area contributed by atoms with Gasteiger partial charge in [0.1, 0.15) is 18.2 Å². The van der Waals surface area contributed by atoms with Crippen molar-refractivity contribution in [2.24, 2.45) is 0 Å². The molecule has 0 spiro atoms. The summed E-state index contributed by atoms with van der Waals surface area (Å²) in [6.45, 7) is 2.61. The Bertz CT molecular complexity index is 744. The first-order valence-corrected chi connectivity index (χ1v) is 6.83. The van der Waals surface area contributed by atoms with Gasteiger partial charge in [-0.25, -0.2) is 4.39 Å². The maximum atomic E-state index is 14.1. The van der Waals surface area contributed by atoms with Gasteiger partial charge in [0.25, 0.3) is 5.56 Å². The Morgan fingerprint density at radius 2 is 2.19 bits per heavy atom. The van der Waals surface area contributed by atoms with Crippen LogP contribution in [0.2, 0.25) is 0 Å². The first-order valence-electron chi connectivity index (χ1n) is 6.83. The van der Waals surface area contributed by atoms with Crippen LogP contribution in [0.25, 0.3) is 10.8 Å². The van der Waals surface area contributed by atoms with E-state index in [1.165, 1.54) is 10.6 Å². The van der Waals surface area contributed by atoms with Crippen molar-refractivity contribution in [1.82, 2.24) is 10.1 Å². The van der Waals surface area contributed by atoms with E-state index in [0.29, 0.717) is 17.8 Å². The molecule has 0 aliphatic carbocycles. The predicted molar refractivity (Wildman–Crippen MR) is 79.6 cm³/mol. The average Bonchev–Trinajstić information content (AvgIpc) is 2.84. The minimum atomic E-state index is -0.523. The third-order valence-corrected chi connectivity index (χ3v) is 3.47. The highest BCUT2D eigenvalue weighted by Gasteiger charge is 2.25. The Hall–Kier alpha value is -2.12. The van der Waals surface area contributed by atoms with E-state index in [9.17, 15) is 9.18 Å². The van der Waals surface area contributed by atoms with Crippen LogP contribution in [0, 0.1) is 5.82 Å². The fourth-order valence-electron chi connectivity index (χ4n) is 2.51. The van der Waals surface area contributed by atoms with Crippen molar-refractivity contribution in [3.05, 3.63) is 34.4 Å². The number of hydrazine groups is 2. The third-order valence-electron chi connectivity index (χ3n) is 3.47. The van der Waals surface area contributed by atoms with Crippen molar-refractivity contribution < 1.29 is 9.13 Å². The Morgan fingerprint density at radius 3 is 2.95 bits per heavy atom. The molecule has 1 aromatic carbocycles. The molecule has 0 amide bonds. The molecule has 0 saturated carbocycles. The summed E-state index contributed by atoms with van der Waals surface area (Å²) in [5.74, 6) is 0.0570. The molecule has 6 nitrogen and oxygen atoms in total. The minimum Gasteiger partial charge on any atom is -0.361 e. The fourth-order valence-corrected chi connectivity index (χ4v) is 2.51. The molecular weight excluding hydrogens is 275 g/mol. The molecule has 2 heterocycles. The van der Waals surface area contributed by atoms with E-state index in [4.69, 9.17) is 4.74 Å². The second kappa shape index (κ2) is 5.34.